The van der Waals surface area contributed by atoms with Gasteiger partial charge in [-0.05, 0) is 132 Å². The van der Waals surface area contributed by atoms with Crippen LogP contribution in [0.3, 0.4) is 0 Å². The van der Waals surface area contributed by atoms with Crippen molar-refractivity contribution in [3.63, 3.8) is 0 Å². The largest absolute Gasteiger partial charge is 0.309 e. The first-order valence-corrected chi connectivity index (χ1v) is 21.7. The first-order chi connectivity index (χ1) is 30.2. The molecule has 0 unspecified atom stereocenters. The van der Waals surface area contributed by atoms with Gasteiger partial charge < -0.3 is 9.47 Å². The van der Waals surface area contributed by atoms with Crippen LogP contribution in [0.1, 0.15) is 0 Å². The van der Waals surface area contributed by atoms with E-state index >= 15 is 0 Å². The maximum absolute atomic E-state index is 2.47. The Kier molecular flexibility index (Phi) is 7.57. The van der Waals surface area contributed by atoms with Crippen LogP contribution in [0.15, 0.2) is 228 Å². The first-order valence-electron chi connectivity index (χ1n) is 20.9. The number of fused-ring (bicyclic) bond motifs is 12. The van der Waals surface area contributed by atoms with Gasteiger partial charge >= 0.3 is 0 Å². The standard InChI is InChI=1S/C58H36N2S/c1-2-13-37(14-3-1)38-17-12-18-43(31-38)60-55-34-42(26-30-57(55)61-58-35-40-16-5-4-15-39(40)33-56(58)60)41-25-29-54-52(32-41)50-23-10-11-24-53(50)59(54)44-27-28-49-47-21-7-6-19-45(47)46-20-8-9-22-48(46)51(49)36-44/h1-36H. The van der Waals surface area contributed by atoms with Crippen molar-refractivity contribution in [2.24, 2.45) is 0 Å². The molecule has 0 saturated carbocycles. The molecule has 1 aliphatic heterocycles. The van der Waals surface area contributed by atoms with E-state index in [-0.39, 0.29) is 0 Å². The Morgan fingerprint density at radius 1 is 0.279 bits per heavy atom. The molecule has 0 spiro atoms. The van der Waals surface area contributed by atoms with E-state index < -0.39 is 0 Å². The van der Waals surface area contributed by atoms with Crippen LogP contribution in [0.25, 0.3) is 92.8 Å². The van der Waals surface area contributed by atoms with Crippen molar-refractivity contribution in [1.29, 1.82) is 0 Å². The molecule has 2 nitrogen and oxygen atoms in total. The lowest BCUT2D eigenvalue weighted by molar-refractivity contribution is 1.17. The Morgan fingerprint density at radius 3 is 1.64 bits per heavy atom. The topological polar surface area (TPSA) is 8.17 Å². The molecule has 3 heteroatoms. The Bertz CT molecular complexity index is 3710. The first kappa shape index (κ1) is 34.3. The van der Waals surface area contributed by atoms with Crippen LogP contribution in [-0.4, -0.2) is 4.57 Å². The van der Waals surface area contributed by atoms with Gasteiger partial charge in [-0.25, -0.2) is 0 Å². The molecule has 284 valence electrons. The molecule has 0 radical (unpaired) electrons. The van der Waals surface area contributed by atoms with Crippen LogP contribution in [0, 0.1) is 0 Å². The van der Waals surface area contributed by atoms with Gasteiger partial charge in [0.15, 0.2) is 0 Å². The van der Waals surface area contributed by atoms with Gasteiger partial charge in [-0.2, -0.15) is 0 Å². The average molecular weight is 793 g/mol. The summed E-state index contributed by atoms with van der Waals surface area (Å²) in [7, 11) is 0. The molecule has 11 aromatic carbocycles. The van der Waals surface area contributed by atoms with Gasteiger partial charge in [0.1, 0.15) is 0 Å². The molecule has 1 aliphatic rings. The fourth-order valence-electron chi connectivity index (χ4n) is 9.87. The van der Waals surface area contributed by atoms with Crippen molar-refractivity contribution in [3.05, 3.63) is 218 Å². The number of hydrogen-bond donors (Lipinski definition) is 0. The number of anilines is 3. The number of hydrogen-bond acceptors (Lipinski definition) is 2. The molecule has 0 N–H and O–H groups in total. The van der Waals surface area contributed by atoms with E-state index in [0.29, 0.717) is 0 Å². The zero-order chi connectivity index (χ0) is 40.0. The van der Waals surface area contributed by atoms with Crippen LogP contribution in [0.5, 0.6) is 0 Å². The van der Waals surface area contributed by atoms with Gasteiger partial charge in [0.2, 0.25) is 0 Å². The maximum Gasteiger partial charge on any atom is 0.0608 e. The molecule has 61 heavy (non-hydrogen) atoms. The lowest BCUT2D eigenvalue weighted by Gasteiger charge is -2.34. The molecular weight excluding hydrogens is 757 g/mol. The number of rotatable bonds is 4. The summed E-state index contributed by atoms with van der Waals surface area (Å²) in [4.78, 5) is 4.97. The smallest absolute Gasteiger partial charge is 0.0608 e. The minimum Gasteiger partial charge on any atom is -0.309 e. The van der Waals surface area contributed by atoms with E-state index in [0.717, 1.165) is 11.4 Å². The van der Waals surface area contributed by atoms with Crippen LogP contribution < -0.4 is 4.90 Å². The minimum atomic E-state index is 1.14. The number of nitrogens with zero attached hydrogens (tertiary/aromatic N) is 2. The molecule has 0 amide bonds. The molecular formula is C58H36N2S. The third kappa shape index (κ3) is 5.38. The lowest BCUT2D eigenvalue weighted by atomic mass is 9.94. The van der Waals surface area contributed by atoms with E-state index in [1.807, 2.05) is 11.8 Å². The Hall–Kier alpha value is -7.59. The number of aromatic nitrogens is 1. The van der Waals surface area contributed by atoms with E-state index in [1.165, 1.54) is 108 Å². The molecule has 0 bridgehead atoms. The Labute approximate surface area is 357 Å². The summed E-state index contributed by atoms with van der Waals surface area (Å²) in [6, 6.07) is 80.6. The zero-order valence-electron chi connectivity index (χ0n) is 33.1. The minimum absolute atomic E-state index is 1.14. The summed E-state index contributed by atoms with van der Waals surface area (Å²) in [6.07, 6.45) is 0. The summed E-state index contributed by atoms with van der Waals surface area (Å²) >= 11 is 1.86. The van der Waals surface area contributed by atoms with Crippen molar-refractivity contribution in [3.8, 4) is 27.9 Å². The molecule has 1 aromatic heterocycles. The van der Waals surface area contributed by atoms with Gasteiger partial charge in [0, 0.05) is 31.9 Å². The number of benzene rings is 11. The van der Waals surface area contributed by atoms with Crippen LogP contribution in [0.4, 0.5) is 17.1 Å². The van der Waals surface area contributed by atoms with E-state index in [9.17, 15) is 0 Å². The highest BCUT2D eigenvalue weighted by atomic mass is 32.2. The van der Waals surface area contributed by atoms with E-state index in [4.69, 9.17) is 0 Å². The third-order valence-electron chi connectivity index (χ3n) is 12.7. The van der Waals surface area contributed by atoms with Gasteiger partial charge in [-0.15, -0.1) is 0 Å². The van der Waals surface area contributed by atoms with E-state index in [1.54, 1.807) is 0 Å². The van der Waals surface area contributed by atoms with Gasteiger partial charge in [0.25, 0.3) is 0 Å². The third-order valence-corrected chi connectivity index (χ3v) is 13.8. The fourth-order valence-corrected chi connectivity index (χ4v) is 10.9. The van der Waals surface area contributed by atoms with Crippen molar-refractivity contribution >= 4 is 93.7 Å². The second-order valence-electron chi connectivity index (χ2n) is 16.1. The Morgan fingerprint density at radius 2 is 0.852 bits per heavy atom. The summed E-state index contributed by atoms with van der Waals surface area (Å²) < 4.78 is 2.45. The summed E-state index contributed by atoms with van der Waals surface area (Å²) in [5.41, 5.74) is 11.9. The van der Waals surface area contributed by atoms with Crippen molar-refractivity contribution in [2.45, 2.75) is 9.79 Å². The van der Waals surface area contributed by atoms with Crippen molar-refractivity contribution in [1.82, 2.24) is 4.57 Å². The lowest BCUT2D eigenvalue weighted by Crippen LogP contribution is -2.15. The Balaban J connectivity index is 0.978. The molecule has 12 aromatic rings. The van der Waals surface area contributed by atoms with Crippen LogP contribution >= 0.6 is 11.8 Å². The highest BCUT2D eigenvalue weighted by Gasteiger charge is 2.27. The predicted molar refractivity (Wildman–Crippen MR) is 260 cm³/mol. The molecule has 2 heterocycles. The second-order valence-corrected chi connectivity index (χ2v) is 17.2. The summed E-state index contributed by atoms with van der Waals surface area (Å²) in [5, 5.41) is 12.7. The van der Waals surface area contributed by atoms with Crippen molar-refractivity contribution in [2.75, 3.05) is 4.90 Å². The van der Waals surface area contributed by atoms with Crippen LogP contribution in [0.2, 0.25) is 0 Å². The maximum atomic E-state index is 2.47. The normalized spacial score (nSPS) is 12.5. The average Bonchev–Trinajstić information content (AvgIpc) is 3.66. The van der Waals surface area contributed by atoms with Crippen LogP contribution in [-0.2, 0) is 0 Å². The fraction of sp³-hybridized carbons (Fsp3) is 0. The molecule has 0 saturated heterocycles. The van der Waals surface area contributed by atoms with Gasteiger partial charge in [0.05, 0.1) is 22.4 Å². The SMILES string of the molecule is c1ccc(-c2cccc(N3c4cc(-c5ccc6c(c5)c5ccccc5n6-c5ccc6c7ccccc7c7ccccc7c6c5)ccc4Sc4cc5ccccc5cc43)c2)cc1. The molecule has 0 fully saturated rings. The van der Waals surface area contributed by atoms with E-state index in [2.05, 4.69) is 228 Å². The highest BCUT2D eigenvalue weighted by Crippen LogP contribution is 2.54. The van der Waals surface area contributed by atoms with Gasteiger partial charge in [-0.3, -0.25) is 0 Å². The highest BCUT2D eigenvalue weighted by molar-refractivity contribution is 7.99. The molecule has 0 atom stereocenters. The predicted octanol–water partition coefficient (Wildman–Crippen LogP) is 16.7. The zero-order valence-corrected chi connectivity index (χ0v) is 33.9. The number of para-hydroxylation sites is 1. The molecule has 0 aliphatic carbocycles. The second kappa shape index (κ2) is 13.5. The summed E-state index contributed by atoms with van der Waals surface area (Å²) in [5.74, 6) is 0. The molecule has 13 rings (SSSR count). The summed E-state index contributed by atoms with van der Waals surface area (Å²) in [6.45, 7) is 0. The quantitative estimate of drug-likeness (QED) is 0.164. The van der Waals surface area contributed by atoms with Gasteiger partial charge in [-0.1, -0.05) is 163 Å². The van der Waals surface area contributed by atoms with Crippen molar-refractivity contribution < 1.29 is 0 Å². The monoisotopic (exact) mass is 792 g/mol.